The lowest BCUT2D eigenvalue weighted by molar-refractivity contribution is -0.118. The second-order valence-electron chi connectivity index (χ2n) is 4.86. The normalized spacial score (nSPS) is 23.5. The largest absolute Gasteiger partial charge is 0.391 e. The third-order valence-electron chi connectivity index (χ3n) is 3.33. The zero-order valence-corrected chi connectivity index (χ0v) is 10.7. The summed E-state index contributed by atoms with van der Waals surface area (Å²) in [5, 5.41) is 12.5. The Bertz CT molecular complexity index is 473. The summed E-state index contributed by atoms with van der Waals surface area (Å²) in [5.41, 5.74) is 0.638. The lowest BCUT2D eigenvalue weighted by Crippen LogP contribution is -2.44. The number of hydrogen-bond donors (Lipinski definition) is 2. The van der Waals surface area contributed by atoms with Crippen molar-refractivity contribution in [3.8, 4) is 0 Å². The van der Waals surface area contributed by atoms with Crippen LogP contribution in [0, 0.1) is 5.82 Å². The first-order valence-electron chi connectivity index (χ1n) is 6.57. The van der Waals surface area contributed by atoms with Crippen molar-refractivity contribution in [2.45, 2.75) is 37.8 Å². The van der Waals surface area contributed by atoms with E-state index in [0.29, 0.717) is 5.56 Å². The van der Waals surface area contributed by atoms with Gasteiger partial charge in [-0.05, 0) is 36.6 Å². The van der Waals surface area contributed by atoms with E-state index in [4.69, 9.17) is 0 Å². The van der Waals surface area contributed by atoms with Crippen LogP contribution < -0.4 is 5.32 Å². The molecule has 1 saturated carbocycles. The Kier molecular flexibility index (Phi) is 4.68. The maximum atomic E-state index is 12.9. The molecule has 1 aliphatic rings. The smallest absolute Gasteiger partial charge is 0.244 e. The van der Waals surface area contributed by atoms with E-state index in [1.54, 1.807) is 18.2 Å². The second kappa shape index (κ2) is 6.48. The van der Waals surface area contributed by atoms with Crippen molar-refractivity contribution in [2.75, 3.05) is 0 Å². The van der Waals surface area contributed by atoms with Gasteiger partial charge in [0.25, 0.3) is 0 Å². The van der Waals surface area contributed by atoms with Crippen LogP contribution in [0.3, 0.4) is 0 Å². The molecule has 19 heavy (non-hydrogen) atoms. The molecule has 0 heterocycles. The molecule has 102 valence electrons. The number of aliphatic hydroxyl groups is 1. The minimum Gasteiger partial charge on any atom is -0.391 e. The second-order valence-corrected chi connectivity index (χ2v) is 4.86. The van der Waals surface area contributed by atoms with E-state index in [1.165, 1.54) is 18.2 Å². The van der Waals surface area contributed by atoms with E-state index >= 15 is 0 Å². The van der Waals surface area contributed by atoms with Crippen molar-refractivity contribution >= 4 is 12.0 Å². The van der Waals surface area contributed by atoms with Gasteiger partial charge in [0.2, 0.25) is 5.91 Å². The van der Waals surface area contributed by atoms with Crippen LogP contribution in [0.15, 0.2) is 30.3 Å². The predicted octanol–water partition coefficient (Wildman–Crippen LogP) is 2.26. The summed E-state index contributed by atoms with van der Waals surface area (Å²) in [5.74, 6) is -0.583. The maximum Gasteiger partial charge on any atom is 0.244 e. The number of nitrogens with one attached hydrogen (secondary N) is 1. The van der Waals surface area contributed by atoms with E-state index in [9.17, 15) is 14.3 Å². The van der Waals surface area contributed by atoms with E-state index in [2.05, 4.69) is 5.32 Å². The van der Waals surface area contributed by atoms with Crippen LogP contribution in [0.4, 0.5) is 4.39 Å². The fourth-order valence-electron chi connectivity index (χ4n) is 2.29. The van der Waals surface area contributed by atoms with Crippen LogP contribution in [-0.4, -0.2) is 23.2 Å². The number of benzene rings is 1. The zero-order chi connectivity index (χ0) is 13.7. The molecule has 1 fully saturated rings. The van der Waals surface area contributed by atoms with Gasteiger partial charge in [-0.3, -0.25) is 4.79 Å². The molecule has 2 N–H and O–H groups in total. The zero-order valence-electron chi connectivity index (χ0n) is 10.7. The van der Waals surface area contributed by atoms with Gasteiger partial charge >= 0.3 is 0 Å². The minimum absolute atomic E-state index is 0.168. The van der Waals surface area contributed by atoms with Gasteiger partial charge in [0.15, 0.2) is 0 Å². The Morgan fingerprint density at radius 3 is 2.89 bits per heavy atom. The molecule has 0 saturated heterocycles. The van der Waals surface area contributed by atoms with Crippen molar-refractivity contribution in [3.63, 3.8) is 0 Å². The first-order valence-corrected chi connectivity index (χ1v) is 6.57. The maximum absolute atomic E-state index is 12.9. The van der Waals surface area contributed by atoms with Crippen LogP contribution in [0.5, 0.6) is 0 Å². The van der Waals surface area contributed by atoms with Crippen LogP contribution in [0.2, 0.25) is 0 Å². The molecule has 0 aromatic heterocycles. The molecule has 0 radical (unpaired) electrons. The number of halogens is 1. The molecule has 0 bridgehead atoms. The highest BCUT2D eigenvalue weighted by Gasteiger charge is 2.23. The average Bonchev–Trinajstić information content (AvgIpc) is 2.39. The predicted molar refractivity (Wildman–Crippen MR) is 71.8 cm³/mol. The molecule has 1 aromatic rings. The van der Waals surface area contributed by atoms with Gasteiger partial charge in [-0.15, -0.1) is 0 Å². The Morgan fingerprint density at radius 2 is 2.16 bits per heavy atom. The molecule has 3 nitrogen and oxygen atoms in total. The third kappa shape index (κ3) is 4.17. The highest BCUT2D eigenvalue weighted by molar-refractivity contribution is 5.91. The van der Waals surface area contributed by atoms with E-state index in [1.807, 2.05) is 0 Å². The number of hydrogen-bond acceptors (Lipinski definition) is 2. The molecule has 2 atom stereocenters. The summed E-state index contributed by atoms with van der Waals surface area (Å²) in [6.45, 7) is 0. The third-order valence-corrected chi connectivity index (χ3v) is 3.33. The highest BCUT2D eigenvalue weighted by atomic mass is 19.1. The summed E-state index contributed by atoms with van der Waals surface area (Å²) in [4.78, 5) is 11.7. The van der Waals surface area contributed by atoms with Crippen molar-refractivity contribution in [2.24, 2.45) is 0 Å². The van der Waals surface area contributed by atoms with E-state index < -0.39 is 6.10 Å². The van der Waals surface area contributed by atoms with Gasteiger partial charge in [-0.2, -0.15) is 0 Å². The molecule has 2 rings (SSSR count). The van der Waals surface area contributed by atoms with E-state index in [-0.39, 0.29) is 17.8 Å². The molecule has 4 heteroatoms. The molecular formula is C15H18FNO2. The van der Waals surface area contributed by atoms with Gasteiger partial charge in [0, 0.05) is 6.08 Å². The van der Waals surface area contributed by atoms with Crippen molar-refractivity contribution in [3.05, 3.63) is 41.7 Å². The van der Waals surface area contributed by atoms with E-state index in [0.717, 1.165) is 25.7 Å². The van der Waals surface area contributed by atoms with Gasteiger partial charge in [0.1, 0.15) is 5.82 Å². The van der Waals surface area contributed by atoms with Crippen molar-refractivity contribution in [1.82, 2.24) is 5.32 Å². The Balaban J connectivity index is 1.90. The fraction of sp³-hybridized carbons (Fsp3) is 0.400. The summed E-state index contributed by atoms with van der Waals surface area (Å²) in [7, 11) is 0. The Morgan fingerprint density at radius 1 is 1.37 bits per heavy atom. The fourth-order valence-corrected chi connectivity index (χ4v) is 2.29. The summed E-state index contributed by atoms with van der Waals surface area (Å²) < 4.78 is 12.9. The van der Waals surface area contributed by atoms with Gasteiger partial charge < -0.3 is 10.4 Å². The molecule has 0 aliphatic heterocycles. The molecule has 1 amide bonds. The highest BCUT2D eigenvalue weighted by Crippen LogP contribution is 2.18. The first-order chi connectivity index (χ1) is 9.15. The average molecular weight is 263 g/mol. The summed E-state index contributed by atoms with van der Waals surface area (Å²) in [6, 6.07) is 5.87. The van der Waals surface area contributed by atoms with Crippen LogP contribution >= 0.6 is 0 Å². The van der Waals surface area contributed by atoms with Gasteiger partial charge in [-0.1, -0.05) is 25.0 Å². The molecule has 2 unspecified atom stereocenters. The summed E-state index contributed by atoms with van der Waals surface area (Å²) >= 11 is 0. The number of carbonyl (C=O) groups excluding carboxylic acids is 1. The Labute approximate surface area is 112 Å². The molecule has 1 aromatic carbocycles. The number of carbonyl (C=O) groups is 1. The standard InChI is InChI=1S/C15H18FNO2/c16-12-5-3-4-11(10-12)8-9-15(19)17-13-6-1-2-7-14(13)18/h3-5,8-10,13-14,18H,1-2,6-7H2,(H,17,19). The number of amides is 1. The number of aliphatic hydroxyl groups excluding tert-OH is 1. The van der Waals surface area contributed by atoms with Crippen LogP contribution in [-0.2, 0) is 4.79 Å². The van der Waals surface area contributed by atoms with Crippen molar-refractivity contribution in [1.29, 1.82) is 0 Å². The lowest BCUT2D eigenvalue weighted by Gasteiger charge is -2.27. The quantitative estimate of drug-likeness (QED) is 0.822. The van der Waals surface area contributed by atoms with Gasteiger partial charge in [-0.25, -0.2) is 4.39 Å². The Hall–Kier alpha value is -1.68. The molecular weight excluding hydrogens is 245 g/mol. The monoisotopic (exact) mass is 263 g/mol. The molecule has 1 aliphatic carbocycles. The van der Waals surface area contributed by atoms with Gasteiger partial charge in [0.05, 0.1) is 12.1 Å². The topological polar surface area (TPSA) is 49.3 Å². The first kappa shape index (κ1) is 13.7. The number of rotatable bonds is 3. The SMILES string of the molecule is O=C(C=Cc1cccc(F)c1)NC1CCCCC1O. The summed E-state index contributed by atoms with van der Waals surface area (Å²) in [6.07, 6.45) is 6.05. The van der Waals surface area contributed by atoms with Crippen LogP contribution in [0.1, 0.15) is 31.2 Å². The minimum atomic E-state index is -0.458. The molecule has 0 spiro atoms. The van der Waals surface area contributed by atoms with Crippen LogP contribution in [0.25, 0.3) is 6.08 Å². The lowest BCUT2D eigenvalue weighted by atomic mass is 9.92. The van der Waals surface area contributed by atoms with Crippen molar-refractivity contribution < 1.29 is 14.3 Å².